The molecule has 2 aromatic heterocycles. The first-order chi connectivity index (χ1) is 10.1. The maximum absolute atomic E-state index is 12.2. The summed E-state index contributed by atoms with van der Waals surface area (Å²) in [6, 6.07) is -0.168. The molecular formula is C14H18N4OS2. The van der Waals surface area contributed by atoms with Crippen molar-refractivity contribution in [3.05, 3.63) is 32.7 Å². The first-order valence-corrected chi connectivity index (χ1v) is 8.74. The second-order valence-corrected chi connectivity index (χ2v) is 7.21. The summed E-state index contributed by atoms with van der Waals surface area (Å²) in [6.07, 6.45) is 4.26. The standard InChI is InChI=1S/C14H18N4OS2/c1-9(11-8-21-13(17-11)10-3-4-10)16-14(19)18(2)7-12-15-5-6-20-12/h5-6,8-10H,3-4,7H2,1-2H3,(H,16,19)/t9-/m0/s1. The normalized spacial score (nSPS) is 15.7. The van der Waals surface area contributed by atoms with E-state index in [1.54, 1.807) is 40.8 Å². The van der Waals surface area contributed by atoms with Crippen molar-refractivity contribution in [2.24, 2.45) is 0 Å². The third kappa shape index (κ3) is 3.59. The first kappa shape index (κ1) is 14.5. The summed E-state index contributed by atoms with van der Waals surface area (Å²) in [7, 11) is 1.78. The second kappa shape index (κ2) is 6.11. The van der Waals surface area contributed by atoms with Crippen LogP contribution in [-0.4, -0.2) is 27.9 Å². The fourth-order valence-corrected chi connectivity index (χ4v) is 3.75. The number of hydrogen-bond acceptors (Lipinski definition) is 5. The summed E-state index contributed by atoms with van der Waals surface area (Å²) in [5.41, 5.74) is 0.956. The Hall–Kier alpha value is -1.47. The fourth-order valence-electron chi connectivity index (χ4n) is 1.99. The van der Waals surface area contributed by atoms with Crippen molar-refractivity contribution in [1.82, 2.24) is 20.2 Å². The molecule has 1 aliphatic rings. The van der Waals surface area contributed by atoms with Gasteiger partial charge in [0.1, 0.15) is 5.01 Å². The number of nitrogens with zero attached hydrogens (tertiary/aromatic N) is 3. The van der Waals surface area contributed by atoms with Gasteiger partial charge >= 0.3 is 6.03 Å². The number of carbonyl (C=O) groups excluding carboxylic acids is 1. The van der Waals surface area contributed by atoms with Crippen LogP contribution >= 0.6 is 22.7 Å². The summed E-state index contributed by atoms with van der Waals surface area (Å²) < 4.78 is 0. The van der Waals surface area contributed by atoms with E-state index in [4.69, 9.17) is 0 Å². The largest absolute Gasteiger partial charge is 0.330 e. The predicted octanol–water partition coefficient (Wildman–Crippen LogP) is 3.38. The van der Waals surface area contributed by atoms with Crippen molar-refractivity contribution < 1.29 is 4.79 Å². The lowest BCUT2D eigenvalue weighted by molar-refractivity contribution is 0.203. The number of amides is 2. The van der Waals surface area contributed by atoms with Gasteiger partial charge in [0.15, 0.2) is 0 Å². The van der Waals surface area contributed by atoms with Gasteiger partial charge in [-0.3, -0.25) is 0 Å². The Morgan fingerprint density at radius 3 is 3.00 bits per heavy atom. The molecule has 0 radical (unpaired) electrons. The second-order valence-electron chi connectivity index (χ2n) is 5.34. The van der Waals surface area contributed by atoms with Crippen LogP contribution in [0.1, 0.15) is 47.4 Å². The summed E-state index contributed by atoms with van der Waals surface area (Å²) in [5, 5.41) is 9.10. The van der Waals surface area contributed by atoms with Crippen LogP contribution in [0.25, 0.3) is 0 Å². The molecule has 0 aromatic carbocycles. The first-order valence-electron chi connectivity index (χ1n) is 6.99. The van der Waals surface area contributed by atoms with Gasteiger partial charge in [-0.05, 0) is 19.8 Å². The number of nitrogens with one attached hydrogen (secondary N) is 1. The van der Waals surface area contributed by atoms with E-state index in [1.807, 2.05) is 12.3 Å². The summed E-state index contributed by atoms with van der Waals surface area (Å²) in [6.45, 7) is 2.50. The molecule has 1 aliphatic carbocycles. The predicted molar refractivity (Wildman–Crippen MR) is 84.6 cm³/mol. The molecule has 0 unspecified atom stereocenters. The molecule has 7 heteroatoms. The molecule has 1 N–H and O–H groups in total. The van der Waals surface area contributed by atoms with Gasteiger partial charge in [0.05, 0.1) is 23.3 Å². The number of thiazole rings is 2. The van der Waals surface area contributed by atoms with Crippen LogP contribution in [0, 0.1) is 0 Å². The Morgan fingerprint density at radius 2 is 2.33 bits per heavy atom. The van der Waals surface area contributed by atoms with Crippen molar-refractivity contribution >= 4 is 28.7 Å². The van der Waals surface area contributed by atoms with Gasteiger partial charge in [0.2, 0.25) is 0 Å². The van der Waals surface area contributed by atoms with Crippen LogP contribution < -0.4 is 5.32 Å². The molecule has 1 fully saturated rings. The number of aromatic nitrogens is 2. The highest BCUT2D eigenvalue weighted by molar-refractivity contribution is 7.10. The maximum atomic E-state index is 12.2. The zero-order valence-corrected chi connectivity index (χ0v) is 13.7. The lowest BCUT2D eigenvalue weighted by atomic mass is 10.2. The SMILES string of the molecule is C[C@H](NC(=O)N(C)Cc1nccs1)c1csc(C2CC2)n1. The van der Waals surface area contributed by atoms with Crippen LogP contribution in [0.2, 0.25) is 0 Å². The van der Waals surface area contributed by atoms with E-state index in [-0.39, 0.29) is 12.1 Å². The zero-order chi connectivity index (χ0) is 14.8. The number of urea groups is 1. The Balaban J connectivity index is 1.55. The summed E-state index contributed by atoms with van der Waals surface area (Å²) in [5.74, 6) is 0.666. The minimum absolute atomic E-state index is 0.0694. The highest BCUT2D eigenvalue weighted by atomic mass is 32.1. The number of rotatable bonds is 5. The molecule has 0 saturated heterocycles. The summed E-state index contributed by atoms with van der Waals surface area (Å²) in [4.78, 5) is 22.6. The van der Waals surface area contributed by atoms with E-state index < -0.39 is 0 Å². The summed E-state index contributed by atoms with van der Waals surface area (Å²) >= 11 is 3.26. The van der Waals surface area contributed by atoms with E-state index in [9.17, 15) is 4.79 Å². The topological polar surface area (TPSA) is 58.1 Å². The van der Waals surface area contributed by atoms with Crippen LogP contribution in [-0.2, 0) is 6.54 Å². The van der Waals surface area contributed by atoms with Crippen molar-refractivity contribution in [3.63, 3.8) is 0 Å². The molecule has 2 aromatic rings. The molecule has 0 aliphatic heterocycles. The molecule has 2 amide bonds. The zero-order valence-electron chi connectivity index (χ0n) is 12.1. The average molecular weight is 322 g/mol. The monoisotopic (exact) mass is 322 g/mol. The van der Waals surface area contributed by atoms with Crippen LogP contribution in [0.5, 0.6) is 0 Å². The lowest BCUT2D eigenvalue weighted by Gasteiger charge is -2.19. The van der Waals surface area contributed by atoms with Crippen molar-refractivity contribution in [2.45, 2.75) is 38.3 Å². The van der Waals surface area contributed by atoms with E-state index in [2.05, 4.69) is 20.7 Å². The highest BCUT2D eigenvalue weighted by Gasteiger charge is 2.27. The third-order valence-corrected chi connectivity index (χ3v) is 5.24. The molecular weight excluding hydrogens is 304 g/mol. The van der Waals surface area contributed by atoms with E-state index in [1.165, 1.54) is 17.8 Å². The molecule has 0 spiro atoms. The van der Waals surface area contributed by atoms with Gasteiger partial charge < -0.3 is 10.2 Å². The Bertz CT molecular complexity index is 606. The van der Waals surface area contributed by atoms with E-state index in [0.29, 0.717) is 12.5 Å². The van der Waals surface area contributed by atoms with E-state index in [0.717, 1.165) is 10.7 Å². The van der Waals surface area contributed by atoms with Gasteiger partial charge in [-0.2, -0.15) is 0 Å². The van der Waals surface area contributed by atoms with Crippen LogP contribution in [0.15, 0.2) is 17.0 Å². The molecule has 1 saturated carbocycles. The number of carbonyl (C=O) groups is 1. The Morgan fingerprint density at radius 1 is 1.52 bits per heavy atom. The minimum Gasteiger partial charge on any atom is -0.330 e. The highest BCUT2D eigenvalue weighted by Crippen LogP contribution is 2.41. The van der Waals surface area contributed by atoms with Gasteiger partial charge in [-0.1, -0.05) is 0 Å². The van der Waals surface area contributed by atoms with Crippen molar-refractivity contribution in [2.75, 3.05) is 7.05 Å². The fraction of sp³-hybridized carbons (Fsp3) is 0.500. The molecule has 5 nitrogen and oxygen atoms in total. The quantitative estimate of drug-likeness (QED) is 0.918. The maximum Gasteiger partial charge on any atom is 0.318 e. The van der Waals surface area contributed by atoms with Crippen LogP contribution in [0.3, 0.4) is 0 Å². The molecule has 1 atom stereocenters. The van der Waals surface area contributed by atoms with Crippen molar-refractivity contribution in [1.29, 1.82) is 0 Å². The molecule has 21 heavy (non-hydrogen) atoms. The van der Waals surface area contributed by atoms with Gasteiger partial charge in [0, 0.05) is 29.9 Å². The number of hydrogen-bond donors (Lipinski definition) is 1. The molecule has 2 heterocycles. The Labute approximate surface area is 132 Å². The van der Waals surface area contributed by atoms with E-state index >= 15 is 0 Å². The van der Waals surface area contributed by atoms with Gasteiger partial charge in [-0.15, -0.1) is 22.7 Å². The molecule has 0 bridgehead atoms. The van der Waals surface area contributed by atoms with Crippen LogP contribution in [0.4, 0.5) is 4.79 Å². The van der Waals surface area contributed by atoms with Gasteiger partial charge in [0.25, 0.3) is 0 Å². The smallest absolute Gasteiger partial charge is 0.318 e. The minimum atomic E-state index is -0.0985. The third-order valence-electron chi connectivity index (χ3n) is 3.45. The van der Waals surface area contributed by atoms with Crippen molar-refractivity contribution in [3.8, 4) is 0 Å². The Kier molecular flexibility index (Phi) is 4.21. The molecule has 112 valence electrons. The van der Waals surface area contributed by atoms with Gasteiger partial charge in [-0.25, -0.2) is 14.8 Å². The lowest BCUT2D eigenvalue weighted by Crippen LogP contribution is -2.38. The average Bonchev–Trinajstić information content (AvgIpc) is 2.99. The molecule has 3 rings (SSSR count).